The summed E-state index contributed by atoms with van der Waals surface area (Å²) in [5.41, 5.74) is 0. The molecule has 20 heavy (non-hydrogen) atoms. The van der Waals surface area contributed by atoms with Crippen LogP contribution in [0.1, 0.15) is 71.6 Å². The van der Waals surface area contributed by atoms with Gasteiger partial charge in [-0.25, -0.2) is 9.59 Å². The molecule has 0 unspecified atom stereocenters. The molecule has 0 heterocycles. The standard InChI is InChI=1S/C14H24O6/c1-3-8-12(15)17-19-14(10-6-5-7-11-14)20-18-13(16)9-4-2/h3-11H2,1-2H3. The summed E-state index contributed by atoms with van der Waals surface area (Å²) in [6.07, 6.45) is 5.80. The van der Waals surface area contributed by atoms with Crippen molar-refractivity contribution in [2.24, 2.45) is 0 Å². The summed E-state index contributed by atoms with van der Waals surface area (Å²) in [7, 11) is 0. The van der Waals surface area contributed by atoms with Gasteiger partial charge in [0.15, 0.2) is 0 Å². The number of carbonyl (C=O) groups excluding carboxylic acids is 2. The Balaban J connectivity index is 2.48. The lowest BCUT2D eigenvalue weighted by Crippen LogP contribution is -2.39. The fourth-order valence-corrected chi connectivity index (χ4v) is 2.01. The second-order valence-corrected chi connectivity index (χ2v) is 5.05. The third-order valence-corrected chi connectivity index (χ3v) is 3.10. The molecule has 0 radical (unpaired) electrons. The number of hydrogen-bond acceptors (Lipinski definition) is 6. The van der Waals surface area contributed by atoms with Gasteiger partial charge in [0.25, 0.3) is 5.79 Å². The van der Waals surface area contributed by atoms with Crippen LogP contribution in [0.15, 0.2) is 0 Å². The van der Waals surface area contributed by atoms with Crippen molar-refractivity contribution in [1.82, 2.24) is 0 Å². The molecule has 0 N–H and O–H groups in total. The molecule has 0 atom stereocenters. The van der Waals surface area contributed by atoms with E-state index in [1.165, 1.54) is 0 Å². The van der Waals surface area contributed by atoms with Crippen molar-refractivity contribution in [1.29, 1.82) is 0 Å². The average molecular weight is 288 g/mol. The van der Waals surface area contributed by atoms with E-state index in [2.05, 4.69) is 0 Å². The Hall–Kier alpha value is -1.14. The van der Waals surface area contributed by atoms with Crippen LogP contribution in [0.4, 0.5) is 0 Å². The van der Waals surface area contributed by atoms with Crippen molar-refractivity contribution >= 4 is 11.9 Å². The van der Waals surface area contributed by atoms with Gasteiger partial charge in [-0.15, -0.1) is 9.78 Å². The van der Waals surface area contributed by atoms with Crippen LogP contribution in [0.3, 0.4) is 0 Å². The van der Waals surface area contributed by atoms with Crippen molar-refractivity contribution < 1.29 is 29.1 Å². The van der Waals surface area contributed by atoms with Crippen LogP contribution in [0.2, 0.25) is 0 Å². The lowest BCUT2D eigenvalue weighted by atomic mass is 9.94. The maximum Gasteiger partial charge on any atom is 0.342 e. The van der Waals surface area contributed by atoms with Gasteiger partial charge >= 0.3 is 11.9 Å². The van der Waals surface area contributed by atoms with E-state index in [4.69, 9.17) is 19.6 Å². The first-order valence-electron chi connectivity index (χ1n) is 7.39. The van der Waals surface area contributed by atoms with Crippen LogP contribution >= 0.6 is 0 Å². The highest BCUT2D eigenvalue weighted by Crippen LogP contribution is 2.33. The van der Waals surface area contributed by atoms with Gasteiger partial charge in [-0.3, -0.25) is 9.78 Å². The molecule has 6 heteroatoms. The Morgan fingerprint density at radius 3 is 1.70 bits per heavy atom. The predicted molar refractivity (Wildman–Crippen MR) is 70.0 cm³/mol. The minimum absolute atomic E-state index is 0.283. The van der Waals surface area contributed by atoms with Crippen LogP contribution in [-0.4, -0.2) is 17.7 Å². The van der Waals surface area contributed by atoms with Crippen LogP contribution in [0.25, 0.3) is 0 Å². The first-order chi connectivity index (χ1) is 9.62. The van der Waals surface area contributed by atoms with E-state index >= 15 is 0 Å². The molecule has 0 bridgehead atoms. The van der Waals surface area contributed by atoms with Crippen molar-refractivity contribution in [2.75, 3.05) is 0 Å². The molecule has 0 aromatic heterocycles. The normalized spacial score (nSPS) is 17.5. The van der Waals surface area contributed by atoms with Crippen molar-refractivity contribution in [3.8, 4) is 0 Å². The van der Waals surface area contributed by atoms with Gasteiger partial charge in [-0.1, -0.05) is 20.3 Å². The van der Waals surface area contributed by atoms with E-state index in [1.54, 1.807) is 0 Å². The second-order valence-electron chi connectivity index (χ2n) is 5.05. The molecule has 0 saturated heterocycles. The van der Waals surface area contributed by atoms with Gasteiger partial charge in [0, 0.05) is 25.7 Å². The highest BCUT2D eigenvalue weighted by molar-refractivity contribution is 5.68. The van der Waals surface area contributed by atoms with E-state index in [1.807, 2.05) is 13.8 Å². The average Bonchev–Trinajstić information content (AvgIpc) is 2.45. The molecule has 116 valence electrons. The molecule has 1 saturated carbocycles. The zero-order valence-electron chi connectivity index (χ0n) is 12.3. The minimum atomic E-state index is -1.15. The zero-order valence-corrected chi connectivity index (χ0v) is 12.3. The lowest BCUT2D eigenvalue weighted by molar-refractivity contribution is -0.487. The quantitative estimate of drug-likeness (QED) is 0.388. The first-order valence-corrected chi connectivity index (χ1v) is 7.39. The summed E-state index contributed by atoms with van der Waals surface area (Å²) in [6, 6.07) is 0. The predicted octanol–water partition coefficient (Wildman–Crippen LogP) is 3.20. The van der Waals surface area contributed by atoms with Crippen molar-refractivity contribution in [2.45, 2.75) is 77.4 Å². The van der Waals surface area contributed by atoms with E-state index in [-0.39, 0.29) is 12.8 Å². The van der Waals surface area contributed by atoms with Gasteiger partial charge in [0.2, 0.25) is 0 Å². The molecule has 0 aromatic carbocycles. The highest BCUT2D eigenvalue weighted by Gasteiger charge is 2.40. The maximum absolute atomic E-state index is 11.4. The first kappa shape index (κ1) is 16.9. The van der Waals surface area contributed by atoms with Gasteiger partial charge in [-0.2, -0.15) is 0 Å². The third-order valence-electron chi connectivity index (χ3n) is 3.10. The lowest BCUT2D eigenvalue weighted by Gasteiger charge is -2.32. The number of carbonyl (C=O) groups is 2. The molecule has 1 fully saturated rings. The SMILES string of the molecule is CCCC(=O)OOC1(OOC(=O)CCC)CCCCC1. The Kier molecular flexibility index (Phi) is 7.54. The summed E-state index contributed by atoms with van der Waals surface area (Å²) in [6.45, 7) is 3.75. The minimum Gasteiger partial charge on any atom is -0.295 e. The second kappa shape index (κ2) is 8.92. The van der Waals surface area contributed by atoms with Gasteiger partial charge in [-0.05, 0) is 25.7 Å². The summed E-state index contributed by atoms with van der Waals surface area (Å²) in [4.78, 5) is 42.6. The van der Waals surface area contributed by atoms with Gasteiger partial charge in [0.1, 0.15) is 0 Å². The molecule has 1 aliphatic rings. The smallest absolute Gasteiger partial charge is 0.295 e. The van der Waals surface area contributed by atoms with Gasteiger partial charge < -0.3 is 0 Å². The summed E-state index contributed by atoms with van der Waals surface area (Å²) in [5.74, 6) is -2.03. The Bertz CT molecular complexity index is 285. The largest absolute Gasteiger partial charge is 0.342 e. The molecular formula is C14H24O6. The molecule has 0 spiro atoms. The van der Waals surface area contributed by atoms with Crippen molar-refractivity contribution in [3.63, 3.8) is 0 Å². The number of hydrogen-bond donors (Lipinski definition) is 0. The Labute approximate surface area is 119 Å². The molecule has 1 rings (SSSR count). The number of rotatable bonds is 8. The van der Waals surface area contributed by atoms with E-state index in [0.29, 0.717) is 25.7 Å². The van der Waals surface area contributed by atoms with E-state index in [0.717, 1.165) is 19.3 Å². The third kappa shape index (κ3) is 5.88. The molecule has 0 aromatic rings. The molecule has 0 aliphatic heterocycles. The monoisotopic (exact) mass is 288 g/mol. The Morgan fingerprint density at radius 2 is 1.30 bits per heavy atom. The van der Waals surface area contributed by atoms with Crippen LogP contribution in [0.5, 0.6) is 0 Å². The molecular weight excluding hydrogens is 264 g/mol. The maximum atomic E-state index is 11.4. The summed E-state index contributed by atoms with van der Waals surface area (Å²) in [5, 5.41) is 0. The van der Waals surface area contributed by atoms with Crippen molar-refractivity contribution in [3.05, 3.63) is 0 Å². The Morgan fingerprint density at radius 1 is 0.850 bits per heavy atom. The summed E-state index contributed by atoms with van der Waals surface area (Å²) < 4.78 is 0. The zero-order chi connectivity index (χ0) is 14.8. The van der Waals surface area contributed by atoms with Crippen LogP contribution in [0, 0.1) is 0 Å². The topological polar surface area (TPSA) is 71.1 Å². The van der Waals surface area contributed by atoms with Gasteiger partial charge in [0.05, 0.1) is 0 Å². The fourth-order valence-electron chi connectivity index (χ4n) is 2.01. The fraction of sp³-hybridized carbons (Fsp3) is 0.857. The van der Waals surface area contributed by atoms with E-state index < -0.39 is 17.7 Å². The van der Waals surface area contributed by atoms with E-state index in [9.17, 15) is 9.59 Å². The molecule has 6 nitrogen and oxygen atoms in total. The van der Waals surface area contributed by atoms with Crippen LogP contribution in [-0.2, 0) is 29.1 Å². The summed E-state index contributed by atoms with van der Waals surface area (Å²) >= 11 is 0. The molecule has 0 amide bonds. The molecule has 1 aliphatic carbocycles. The highest BCUT2D eigenvalue weighted by atomic mass is 17.3. The van der Waals surface area contributed by atoms with Crippen LogP contribution < -0.4 is 0 Å².